The molecule has 1 saturated carbocycles. The Hall–Kier alpha value is -3.85. The van der Waals surface area contributed by atoms with Crippen LogP contribution in [0.1, 0.15) is 41.9 Å². The number of aromatic nitrogens is 6. The van der Waals surface area contributed by atoms with E-state index in [2.05, 4.69) is 15.0 Å². The minimum absolute atomic E-state index is 0.108. The summed E-state index contributed by atoms with van der Waals surface area (Å²) in [5, 5.41) is 5.30. The number of aryl methyl sites for hydroxylation is 1. The normalized spacial score (nSPS) is 13.6. The maximum absolute atomic E-state index is 13.5. The van der Waals surface area contributed by atoms with E-state index in [0.717, 1.165) is 42.5 Å². The lowest BCUT2D eigenvalue weighted by Crippen LogP contribution is -2.41. The highest BCUT2D eigenvalue weighted by atomic mass is 35.5. The van der Waals surface area contributed by atoms with Crippen molar-refractivity contribution in [3.05, 3.63) is 71.5 Å². The minimum Gasteiger partial charge on any atom is -0.495 e. The lowest BCUT2D eigenvalue weighted by molar-refractivity contribution is 0.0665. The Kier molecular flexibility index (Phi) is 7.41. The van der Waals surface area contributed by atoms with Gasteiger partial charge in [-0.1, -0.05) is 24.4 Å². The molecule has 37 heavy (non-hydrogen) atoms. The molecule has 4 aromatic rings. The van der Waals surface area contributed by atoms with E-state index in [-0.39, 0.29) is 11.9 Å². The van der Waals surface area contributed by atoms with Crippen LogP contribution in [0.15, 0.2) is 55.1 Å². The van der Waals surface area contributed by atoms with Gasteiger partial charge in [0.15, 0.2) is 11.6 Å². The third kappa shape index (κ3) is 5.46. The van der Waals surface area contributed by atoms with Gasteiger partial charge < -0.3 is 9.64 Å². The van der Waals surface area contributed by atoms with Crippen molar-refractivity contribution in [3.8, 4) is 28.5 Å². The summed E-state index contributed by atoms with van der Waals surface area (Å²) in [6, 6.07) is 9.44. The van der Waals surface area contributed by atoms with Crippen LogP contribution in [0.4, 0.5) is 0 Å². The maximum Gasteiger partial charge on any atom is 0.274 e. The van der Waals surface area contributed by atoms with Gasteiger partial charge in [-0.05, 0) is 50.1 Å². The van der Waals surface area contributed by atoms with Gasteiger partial charge in [0.2, 0.25) is 0 Å². The molecule has 0 bridgehead atoms. The topological polar surface area (TPSA) is 98.9 Å². The van der Waals surface area contributed by atoms with Gasteiger partial charge in [-0.15, -0.1) is 0 Å². The average Bonchev–Trinajstić information content (AvgIpc) is 3.60. The zero-order valence-corrected chi connectivity index (χ0v) is 21.6. The Morgan fingerprint density at radius 3 is 2.57 bits per heavy atom. The van der Waals surface area contributed by atoms with Crippen LogP contribution >= 0.6 is 11.6 Å². The summed E-state index contributed by atoms with van der Waals surface area (Å²) in [6.07, 6.45) is 10.8. The molecule has 0 N–H and O–H groups in total. The second kappa shape index (κ2) is 11.0. The van der Waals surface area contributed by atoms with Crippen LogP contribution in [0.3, 0.4) is 0 Å². The Morgan fingerprint density at radius 2 is 1.89 bits per heavy atom. The smallest absolute Gasteiger partial charge is 0.274 e. The fourth-order valence-electron chi connectivity index (χ4n) is 4.66. The van der Waals surface area contributed by atoms with E-state index in [0.29, 0.717) is 41.2 Å². The van der Waals surface area contributed by atoms with Gasteiger partial charge in [-0.2, -0.15) is 5.10 Å². The van der Waals surface area contributed by atoms with Crippen LogP contribution in [0.2, 0.25) is 5.02 Å². The van der Waals surface area contributed by atoms with E-state index < -0.39 is 0 Å². The number of hydrogen-bond acceptors (Lipinski definition) is 7. The molecule has 0 radical (unpaired) electrons. The molecule has 3 heterocycles. The molecule has 10 heteroatoms. The summed E-state index contributed by atoms with van der Waals surface area (Å²) in [6.45, 7) is 2.78. The monoisotopic (exact) mass is 517 g/mol. The number of nitrogens with zero attached hydrogens (tertiary/aromatic N) is 7. The van der Waals surface area contributed by atoms with Crippen molar-refractivity contribution in [1.82, 2.24) is 34.6 Å². The Morgan fingerprint density at radius 1 is 1.11 bits per heavy atom. The maximum atomic E-state index is 13.5. The van der Waals surface area contributed by atoms with E-state index >= 15 is 0 Å². The number of ether oxygens (including phenoxy) is 1. The number of carbonyl (C=O) groups is 1. The second-order valence-electron chi connectivity index (χ2n) is 9.05. The predicted octanol–water partition coefficient (Wildman–Crippen LogP) is 4.85. The molecule has 1 fully saturated rings. The number of pyridine rings is 1. The Bertz CT molecular complexity index is 1370. The van der Waals surface area contributed by atoms with Crippen LogP contribution in [-0.2, 0) is 6.54 Å². The van der Waals surface area contributed by atoms with E-state index in [4.69, 9.17) is 26.4 Å². The van der Waals surface area contributed by atoms with Crippen molar-refractivity contribution in [1.29, 1.82) is 0 Å². The van der Waals surface area contributed by atoms with Crippen molar-refractivity contribution < 1.29 is 9.53 Å². The van der Waals surface area contributed by atoms with Crippen LogP contribution in [0.5, 0.6) is 5.75 Å². The van der Waals surface area contributed by atoms with E-state index in [1.807, 2.05) is 46.8 Å². The van der Waals surface area contributed by atoms with Crippen LogP contribution in [0, 0.1) is 6.92 Å². The lowest BCUT2D eigenvalue weighted by atomic mass is 10.2. The molecule has 0 atom stereocenters. The fraction of sp³-hybridized carbons (Fsp3) is 0.333. The fourth-order valence-corrected chi connectivity index (χ4v) is 4.92. The first-order valence-corrected chi connectivity index (χ1v) is 12.7. The van der Waals surface area contributed by atoms with Gasteiger partial charge in [0.25, 0.3) is 5.91 Å². The second-order valence-corrected chi connectivity index (χ2v) is 9.45. The summed E-state index contributed by atoms with van der Waals surface area (Å²) in [5.41, 5.74) is 2.80. The van der Waals surface area contributed by atoms with Crippen molar-refractivity contribution >= 4 is 17.5 Å². The Labute approximate surface area is 220 Å². The number of benzene rings is 1. The number of halogens is 1. The summed E-state index contributed by atoms with van der Waals surface area (Å²) in [7, 11) is 1.58. The first kappa shape index (κ1) is 24.8. The molecular weight excluding hydrogens is 490 g/mol. The number of methoxy groups -OCH3 is 1. The SMILES string of the molecule is COc1ccc(-c2nc(-c3ccncc3)nn2CCN(C(=O)c2cnc(C)cn2)C2CCCC2)cc1Cl. The van der Waals surface area contributed by atoms with Crippen molar-refractivity contribution in [2.45, 2.75) is 45.2 Å². The lowest BCUT2D eigenvalue weighted by Gasteiger charge is -2.28. The molecule has 1 aromatic carbocycles. The number of rotatable bonds is 8. The molecule has 3 aromatic heterocycles. The molecule has 1 aliphatic carbocycles. The quantitative estimate of drug-likeness (QED) is 0.329. The van der Waals surface area contributed by atoms with Crippen molar-refractivity contribution in [2.75, 3.05) is 13.7 Å². The first-order valence-electron chi connectivity index (χ1n) is 12.3. The van der Waals surface area contributed by atoms with Gasteiger partial charge in [0.1, 0.15) is 11.4 Å². The van der Waals surface area contributed by atoms with Crippen molar-refractivity contribution in [3.63, 3.8) is 0 Å². The molecule has 0 spiro atoms. The summed E-state index contributed by atoms with van der Waals surface area (Å²) < 4.78 is 7.15. The number of hydrogen-bond donors (Lipinski definition) is 0. The highest BCUT2D eigenvalue weighted by molar-refractivity contribution is 6.32. The van der Waals surface area contributed by atoms with Gasteiger partial charge >= 0.3 is 0 Å². The molecule has 1 aliphatic rings. The summed E-state index contributed by atoms with van der Waals surface area (Å²) in [5.74, 6) is 1.71. The molecule has 5 rings (SSSR count). The van der Waals surface area contributed by atoms with Gasteiger partial charge in [-0.25, -0.2) is 14.6 Å². The largest absolute Gasteiger partial charge is 0.495 e. The van der Waals surface area contributed by atoms with Crippen LogP contribution < -0.4 is 4.74 Å². The van der Waals surface area contributed by atoms with E-state index in [9.17, 15) is 4.79 Å². The van der Waals surface area contributed by atoms with Gasteiger partial charge in [-0.3, -0.25) is 14.8 Å². The molecule has 1 amide bonds. The molecule has 190 valence electrons. The van der Waals surface area contributed by atoms with E-state index in [1.54, 1.807) is 31.9 Å². The summed E-state index contributed by atoms with van der Waals surface area (Å²) in [4.78, 5) is 33.0. The predicted molar refractivity (Wildman–Crippen MR) is 140 cm³/mol. The minimum atomic E-state index is -0.108. The molecule has 9 nitrogen and oxygen atoms in total. The van der Waals surface area contributed by atoms with Crippen molar-refractivity contribution in [2.24, 2.45) is 0 Å². The average molecular weight is 518 g/mol. The molecule has 0 aliphatic heterocycles. The number of carbonyl (C=O) groups excluding carboxylic acids is 1. The highest BCUT2D eigenvalue weighted by Gasteiger charge is 2.29. The van der Waals surface area contributed by atoms with E-state index in [1.165, 1.54) is 0 Å². The van der Waals surface area contributed by atoms with Gasteiger partial charge in [0.05, 0.1) is 30.6 Å². The summed E-state index contributed by atoms with van der Waals surface area (Å²) >= 11 is 6.43. The number of amides is 1. The zero-order valence-electron chi connectivity index (χ0n) is 20.8. The van der Waals surface area contributed by atoms with Crippen LogP contribution in [0.25, 0.3) is 22.8 Å². The highest BCUT2D eigenvalue weighted by Crippen LogP contribution is 2.31. The molecular formula is C27H28ClN7O2. The molecule has 0 unspecified atom stereocenters. The van der Waals surface area contributed by atoms with Gasteiger partial charge in [0, 0.05) is 42.3 Å². The third-order valence-corrected chi connectivity index (χ3v) is 6.89. The standard InChI is InChI=1S/C27H28ClN7O2/c1-18-16-31-23(17-30-18)27(36)34(21-5-3-4-6-21)13-14-35-26(20-7-8-24(37-2)22(28)15-20)32-25(33-35)19-9-11-29-12-10-19/h7-12,15-17,21H,3-6,13-14H2,1-2H3. The molecule has 0 saturated heterocycles. The Balaban J connectivity index is 1.48. The van der Waals surface area contributed by atoms with Crippen LogP contribution in [-0.4, -0.2) is 60.2 Å². The first-order chi connectivity index (χ1) is 18.0. The zero-order chi connectivity index (χ0) is 25.8. The third-order valence-electron chi connectivity index (χ3n) is 6.60.